The number of hydrogen-bond acceptors (Lipinski definition) is 4. The van der Waals surface area contributed by atoms with Crippen molar-refractivity contribution in [3.63, 3.8) is 0 Å². The molecule has 0 aliphatic carbocycles. The van der Waals surface area contributed by atoms with Crippen molar-refractivity contribution in [2.75, 3.05) is 6.61 Å². The Balaban J connectivity index is 1.82. The number of ether oxygens (including phenoxy) is 1. The van der Waals surface area contributed by atoms with Gasteiger partial charge in [-0.3, -0.25) is 0 Å². The summed E-state index contributed by atoms with van der Waals surface area (Å²) in [6.45, 7) is 3.79. The third-order valence-corrected chi connectivity index (χ3v) is 2.56. The molecule has 0 saturated carbocycles. The number of nitrogens with zero attached hydrogens (tertiary/aromatic N) is 2. The Kier molecular flexibility index (Phi) is 3.06. The van der Waals surface area contributed by atoms with E-state index in [1.54, 1.807) is 6.33 Å². The van der Waals surface area contributed by atoms with Gasteiger partial charge in [0.25, 0.3) is 0 Å². The van der Waals surface area contributed by atoms with Crippen molar-refractivity contribution >= 4 is 0 Å². The first-order chi connectivity index (χ1) is 6.86. The fourth-order valence-electron chi connectivity index (χ4n) is 1.67. The van der Waals surface area contributed by atoms with E-state index in [0.29, 0.717) is 12.1 Å². The van der Waals surface area contributed by atoms with E-state index in [0.717, 1.165) is 25.1 Å². The summed E-state index contributed by atoms with van der Waals surface area (Å²) in [4.78, 5) is 7.93. The largest absolute Gasteiger partial charge is 0.377 e. The highest BCUT2D eigenvalue weighted by Crippen LogP contribution is 2.12. The molecule has 2 heterocycles. The third kappa shape index (κ3) is 2.27. The zero-order valence-corrected chi connectivity index (χ0v) is 8.31. The van der Waals surface area contributed by atoms with E-state index in [4.69, 9.17) is 4.74 Å². The molecule has 1 fully saturated rings. The summed E-state index contributed by atoms with van der Waals surface area (Å²) >= 11 is 0. The molecular formula is C10H15N3O. The molecule has 0 amide bonds. The normalized spacial score (nSPS) is 26.6. The molecule has 1 N–H and O–H groups in total. The van der Waals surface area contributed by atoms with Crippen molar-refractivity contribution in [1.82, 2.24) is 15.3 Å². The van der Waals surface area contributed by atoms with E-state index in [9.17, 15) is 0 Å². The van der Waals surface area contributed by atoms with E-state index in [1.165, 1.54) is 0 Å². The lowest BCUT2D eigenvalue weighted by atomic mass is 10.1. The number of hydrogen-bond donors (Lipinski definition) is 1. The van der Waals surface area contributed by atoms with E-state index in [-0.39, 0.29) is 0 Å². The number of nitrogens with one attached hydrogen (secondary N) is 1. The fraction of sp³-hybridized carbons (Fsp3) is 0.600. The van der Waals surface area contributed by atoms with Crippen LogP contribution in [0.5, 0.6) is 0 Å². The molecule has 0 bridgehead atoms. The first-order valence-corrected chi connectivity index (χ1v) is 4.95. The predicted molar refractivity (Wildman–Crippen MR) is 52.7 cm³/mol. The van der Waals surface area contributed by atoms with Crippen LogP contribution in [0.25, 0.3) is 0 Å². The summed E-state index contributed by atoms with van der Waals surface area (Å²) in [5, 5.41) is 3.44. The minimum atomic E-state index is 0.319. The van der Waals surface area contributed by atoms with Gasteiger partial charge in [0.1, 0.15) is 6.33 Å². The van der Waals surface area contributed by atoms with Gasteiger partial charge < -0.3 is 10.1 Å². The molecule has 0 spiro atoms. The molecule has 14 heavy (non-hydrogen) atoms. The first-order valence-electron chi connectivity index (χ1n) is 4.95. The lowest BCUT2D eigenvalue weighted by Crippen LogP contribution is -2.34. The molecule has 0 aromatic carbocycles. The summed E-state index contributed by atoms with van der Waals surface area (Å²) in [5.41, 5.74) is 1.12. The van der Waals surface area contributed by atoms with Gasteiger partial charge in [0.2, 0.25) is 0 Å². The quantitative estimate of drug-likeness (QED) is 0.769. The second-order valence-electron chi connectivity index (χ2n) is 3.60. The van der Waals surface area contributed by atoms with Crippen LogP contribution in [0.3, 0.4) is 0 Å². The van der Waals surface area contributed by atoms with Crippen molar-refractivity contribution in [2.45, 2.75) is 32.0 Å². The fourth-order valence-corrected chi connectivity index (χ4v) is 1.67. The summed E-state index contributed by atoms with van der Waals surface area (Å²) in [6, 6.07) is 0.468. The zero-order valence-electron chi connectivity index (χ0n) is 8.31. The standard InChI is InChI=1S/C10H15N3O/c1-8-10(2-3-14-8)13-6-9-4-11-7-12-5-9/h4-5,7-8,10,13H,2-3,6H2,1H3/t8-,10-/m1/s1. The minimum absolute atomic E-state index is 0.319. The maximum atomic E-state index is 5.46. The van der Waals surface area contributed by atoms with Crippen LogP contribution in [0.4, 0.5) is 0 Å². The zero-order chi connectivity index (χ0) is 9.80. The van der Waals surface area contributed by atoms with Gasteiger partial charge in [-0.25, -0.2) is 9.97 Å². The Bertz CT molecular complexity index is 278. The minimum Gasteiger partial charge on any atom is -0.377 e. The van der Waals surface area contributed by atoms with Crippen molar-refractivity contribution in [1.29, 1.82) is 0 Å². The molecule has 1 aliphatic rings. The highest BCUT2D eigenvalue weighted by Gasteiger charge is 2.23. The Hall–Kier alpha value is -1.00. The Labute approximate surface area is 83.7 Å². The van der Waals surface area contributed by atoms with Gasteiger partial charge in [-0.2, -0.15) is 0 Å². The third-order valence-electron chi connectivity index (χ3n) is 2.56. The average molecular weight is 193 g/mol. The molecule has 2 atom stereocenters. The summed E-state index contributed by atoms with van der Waals surface area (Å²) in [7, 11) is 0. The molecule has 4 nitrogen and oxygen atoms in total. The van der Waals surface area contributed by atoms with E-state index >= 15 is 0 Å². The van der Waals surface area contributed by atoms with Crippen molar-refractivity contribution in [3.8, 4) is 0 Å². The Morgan fingerprint density at radius 2 is 2.29 bits per heavy atom. The van der Waals surface area contributed by atoms with Gasteiger partial charge in [0.15, 0.2) is 0 Å². The molecule has 76 valence electrons. The van der Waals surface area contributed by atoms with Crippen molar-refractivity contribution in [3.05, 3.63) is 24.3 Å². The lowest BCUT2D eigenvalue weighted by Gasteiger charge is -2.15. The maximum Gasteiger partial charge on any atom is 0.115 e. The van der Waals surface area contributed by atoms with Gasteiger partial charge in [-0.1, -0.05) is 0 Å². The predicted octanol–water partition coefficient (Wildman–Crippen LogP) is 0.744. The van der Waals surface area contributed by atoms with Gasteiger partial charge in [-0.05, 0) is 13.3 Å². The van der Waals surface area contributed by atoms with Crippen LogP contribution in [0.1, 0.15) is 18.9 Å². The summed E-state index contributed by atoms with van der Waals surface area (Å²) in [5.74, 6) is 0. The topological polar surface area (TPSA) is 47.0 Å². The molecule has 1 aromatic rings. The van der Waals surface area contributed by atoms with Crippen LogP contribution in [0, 0.1) is 0 Å². The van der Waals surface area contributed by atoms with Crippen LogP contribution in [0.15, 0.2) is 18.7 Å². The van der Waals surface area contributed by atoms with E-state index in [2.05, 4.69) is 22.2 Å². The van der Waals surface area contributed by atoms with Crippen molar-refractivity contribution < 1.29 is 4.74 Å². The Morgan fingerprint density at radius 1 is 1.50 bits per heavy atom. The van der Waals surface area contributed by atoms with E-state index in [1.807, 2.05) is 12.4 Å². The van der Waals surface area contributed by atoms with Crippen LogP contribution in [0.2, 0.25) is 0 Å². The Morgan fingerprint density at radius 3 is 2.93 bits per heavy atom. The summed E-state index contributed by atoms with van der Waals surface area (Å²) in [6.07, 6.45) is 6.63. The average Bonchev–Trinajstić information content (AvgIpc) is 2.63. The molecule has 0 unspecified atom stereocenters. The molecule has 4 heteroatoms. The lowest BCUT2D eigenvalue weighted by molar-refractivity contribution is 0.113. The van der Waals surface area contributed by atoms with Crippen molar-refractivity contribution in [2.24, 2.45) is 0 Å². The monoisotopic (exact) mass is 193 g/mol. The SMILES string of the molecule is C[C@H]1OCC[C@H]1NCc1cncnc1. The van der Waals surface area contributed by atoms with Gasteiger partial charge in [0.05, 0.1) is 6.10 Å². The molecule has 1 saturated heterocycles. The summed E-state index contributed by atoms with van der Waals surface area (Å²) < 4.78 is 5.46. The van der Waals surface area contributed by atoms with Gasteiger partial charge in [0, 0.05) is 37.2 Å². The molecule has 1 aromatic heterocycles. The van der Waals surface area contributed by atoms with Crippen LogP contribution in [-0.2, 0) is 11.3 Å². The van der Waals surface area contributed by atoms with Crippen LogP contribution >= 0.6 is 0 Å². The highest BCUT2D eigenvalue weighted by molar-refractivity contribution is 5.02. The number of rotatable bonds is 3. The molecule has 1 aliphatic heterocycles. The van der Waals surface area contributed by atoms with Crippen LogP contribution < -0.4 is 5.32 Å². The molecular weight excluding hydrogens is 178 g/mol. The van der Waals surface area contributed by atoms with Gasteiger partial charge >= 0.3 is 0 Å². The molecule has 0 radical (unpaired) electrons. The smallest absolute Gasteiger partial charge is 0.115 e. The second-order valence-corrected chi connectivity index (χ2v) is 3.60. The van der Waals surface area contributed by atoms with E-state index < -0.39 is 0 Å². The van der Waals surface area contributed by atoms with Gasteiger partial charge in [-0.15, -0.1) is 0 Å². The van der Waals surface area contributed by atoms with Crippen LogP contribution in [-0.4, -0.2) is 28.7 Å². The second kappa shape index (κ2) is 4.48. The maximum absolute atomic E-state index is 5.46. The first kappa shape index (κ1) is 9.55. The highest BCUT2D eigenvalue weighted by atomic mass is 16.5. The number of aromatic nitrogens is 2. The molecule has 2 rings (SSSR count).